The Morgan fingerprint density at radius 2 is 2.19 bits per heavy atom. The van der Waals surface area contributed by atoms with Gasteiger partial charge in [-0.05, 0) is 30.9 Å². The summed E-state index contributed by atoms with van der Waals surface area (Å²) in [6.45, 7) is 4.66. The van der Waals surface area contributed by atoms with Crippen LogP contribution in [0.2, 0.25) is 0 Å². The lowest BCUT2D eigenvalue weighted by atomic mass is 9.94. The Morgan fingerprint density at radius 1 is 1.38 bits per heavy atom. The molecule has 5 heteroatoms. The fraction of sp³-hybridized carbons (Fsp3) is 0.375. The first kappa shape index (κ1) is 13.7. The molecule has 21 heavy (non-hydrogen) atoms. The molecule has 1 aromatic heterocycles. The lowest BCUT2D eigenvalue weighted by Crippen LogP contribution is -2.14. The van der Waals surface area contributed by atoms with E-state index in [0.29, 0.717) is 29.2 Å². The van der Waals surface area contributed by atoms with Crippen molar-refractivity contribution in [2.75, 3.05) is 13.2 Å². The highest BCUT2D eigenvalue weighted by Crippen LogP contribution is 2.35. The maximum absolute atomic E-state index is 12.2. The van der Waals surface area contributed by atoms with Crippen LogP contribution in [-0.2, 0) is 4.74 Å². The van der Waals surface area contributed by atoms with E-state index in [1.54, 1.807) is 19.1 Å². The zero-order valence-electron chi connectivity index (χ0n) is 12.0. The van der Waals surface area contributed by atoms with Gasteiger partial charge in [-0.25, -0.2) is 4.79 Å². The van der Waals surface area contributed by atoms with E-state index in [1.165, 1.54) is 6.07 Å². The molecule has 0 saturated heterocycles. The number of rotatable bonds is 2. The smallest absolute Gasteiger partial charge is 0.374 e. The van der Waals surface area contributed by atoms with Gasteiger partial charge in [0.1, 0.15) is 11.3 Å². The van der Waals surface area contributed by atoms with E-state index in [4.69, 9.17) is 13.9 Å². The van der Waals surface area contributed by atoms with Crippen molar-refractivity contribution in [2.45, 2.75) is 26.2 Å². The van der Waals surface area contributed by atoms with Gasteiger partial charge >= 0.3 is 5.97 Å². The third-order valence-electron chi connectivity index (χ3n) is 3.68. The number of carbonyl (C=O) groups excluding carboxylic acids is 1. The van der Waals surface area contributed by atoms with Gasteiger partial charge in [0.2, 0.25) is 5.76 Å². The molecular formula is C16H16O5. The zero-order chi connectivity index (χ0) is 15.0. The van der Waals surface area contributed by atoms with Crippen molar-refractivity contribution in [2.24, 2.45) is 0 Å². The average Bonchev–Trinajstić information content (AvgIpc) is 2.46. The van der Waals surface area contributed by atoms with Crippen LogP contribution in [0.5, 0.6) is 5.75 Å². The predicted molar refractivity (Wildman–Crippen MR) is 77.0 cm³/mol. The van der Waals surface area contributed by atoms with Crippen molar-refractivity contribution < 1.29 is 18.7 Å². The van der Waals surface area contributed by atoms with Gasteiger partial charge in [0.15, 0.2) is 5.43 Å². The normalized spacial score (nSPS) is 17.1. The van der Waals surface area contributed by atoms with Gasteiger partial charge in [-0.15, -0.1) is 0 Å². The number of benzene rings is 1. The van der Waals surface area contributed by atoms with Crippen LogP contribution in [0, 0.1) is 0 Å². The predicted octanol–water partition coefficient (Wildman–Crippen LogP) is 2.86. The molecule has 0 spiro atoms. The first-order chi connectivity index (χ1) is 10.1. The van der Waals surface area contributed by atoms with E-state index in [1.807, 2.05) is 0 Å². The fourth-order valence-electron chi connectivity index (χ4n) is 2.51. The van der Waals surface area contributed by atoms with E-state index >= 15 is 0 Å². The number of esters is 1. The van der Waals surface area contributed by atoms with Gasteiger partial charge in [-0.1, -0.05) is 6.92 Å². The summed E-state index contributed by atoms with van der Waals surface area (Å²) in [6.07, 6.45) is 0.921. The van der Waals surface area contributed by atoms with Crippen LogP contribution in [0.1, 0.15) is 42.3 Å². The summed E-state index contributed by atoms with van der Waals surface area (Å²) in [6, 6.07) is 4.67. The average molecular weight is 288 g/mol. The molecule has 110 valence electrons. The second-order valence-electron chi connectivity index (χ2n) is 5.12. The van der Waals surface area contributed by atoms with Gasteiger partial charge in [0.05, 0.1) is 18.6 Å². The van der Waals surface area contributed by atoms with Crippen molar-refractivity contribution in [3.63, 3.8) is 0 Å². The molecule has 2 aromatic rings. The summed E-state index contributed by atoms with van der Waals surface area (Å²) in [5.74, 6) is 0.328. The third-order valence-corrected chi connectivity index (χ3v) is 3.68. The molecule has 5 nitrogen and oxygen atoms in total. The molecule has 0 aliphatic carbocycles. The highest BCUT2D eigenvalue weighted by Gasteiger charge is 2.21. The van der Waals surface area contributed by atoms with Crippen LogP contribution in [0.4, 0.5) is 0 Å². The van der Waals surface area contributed by atoms with E-state index < -0.39 is 5.97 Å². The molecule has 0 saturated carbocycles. The molecule has 1 aromatic carbocycles. The molecular weight excluding hydrogens is 272 g/mol. The standard InChI is InChI=1S/C16H16O5/c1-3-19-16(18)15-7-12(17)11-6-10-9(2)4-5-20-13(10)8-14(11)21-15/h6-9H,3-5H2,1-2H3. The Balaban J connectivity index is 2.17. The van der Waals surface area contributed by atoms with E-state index in [-0.39, 0.29) is 17.8 Å². The summed E-state index contributed by atoms with van der Waals surface area (Å²) >= 11 is 0. The van der Waals surface area contributed by atoms with Crippen LogP contribution in [-0.4, -0.2) is 19.2 Å². The first-order valence-electron chi connectivity index (χ1n) is 7.02. The Bertz CT molecular complexity index is 759. The molecule has 1 aliphatic heterocycles. The quantitative estimate of drug-likeness (QED) is 0.795. The monoisotopic (exact) mass is 288 g/mol. The van der Waals surface area contributed by atoms with Crippen molar-refractivity contribution in [1.29, 1.82) is 0 Å². The number of hydrogen-bond donors (Lipinski definition) is 0. The minimum Gasteiger partial charge on any atom is -0.493 e. The largest absolute Gasteiger partial charge is 0.493 e. The van der Waals surface area contributed by atoms with Gasteiger partial charge < -0.3 is 13.9 Å². The molecule has 2 heterocycles. The van der Waals surface area contributed by atoms with Crippen LogP contribution in [0.15, 0.2) is 27.4 Å². The lowest BCUT2D eigenvalue weighted by Gasteiger charge is -2.23. The van der Waals surface area contributed by atoms with Crippen LogP contribution in [0.3, 0.4) is 0 Å². The number of hydrogen-bond acceptors (Lipinski definition) is 5. The number of carbonyl (C=O) groups is 1. The summed E-state index contributed by atoms with van der Waals surface area (Å²) in [5, 5.41) is 0.458. The van der Waals surface area contributed by atoms with Crippen molar-refractivity contribution in [3.05, 3.63) is 39.7 Å². The van der Waals surface area contributed by atoms with Crippen LogP contribution >= 0.6 is 0 Å². The highest BCUT2D eigenvalue weighted by molar-refractivity contribution is 5.89. The minimum atomic E-state index is -0.636. The Kier molecular flexibility index (Phi) is 3.41. The first-order valence-corrected chi connectivity index (χ1v) is 7.02. The Labute approximate surface area is 121 Å². The van der Waals surface area contributed by atoms with Crippen molar-refractivity contribution >= 4 is 16.9 Å². The fourth-order valence-corrected chi connectivity index (χ4v) is 2.51. The van der Waals surface area contributed by atoms with Crippen molar-refractivity contribution in [1.82, 2.24) is 0 Å². The van der Waals surface area contributed by atoms with Gasteiger partial charge in [0, 0.05) is 12.1 Å². The van der Waals surface area contributed by atoms with Crippen LogP contribution in [0.25, 0.3) is 11.0 Å². The molecule has 0 radical (unpaired) electrons. The molecule has 0 bridgehead atoms. The van der Waals surface area contributed by atoms with Gasteiger partial charge in [0.25, 0.3) is 0 Å². The topological polar surface area (TPSA) is 65.7 Å². The molecule has 0 N–H and O–H groups in total. The number of fused-ring (bicyclic) bond motifs is 2. The second-order valence-corrected chi connectivity index (χ2v) is 5.12. The van der Waals surface area contributed by atoms with Gasteiger partial charge in [-0.2, -0.15) is 0 Å². The Morgan fingerprint density at radius 3 is 2.95 bits per heavy atom. The van der Waals surface area contributed by atoms with E-state index in [0.717, 1.165) is 12.0 Å². The minimum absolute atomic E-state index is 0.0850. The molecule has 1 atom stereocenters. The molecule has 1 aliphatic rings. The second kappa shape index (κ2) is 5.24. The zero-order valence-corrected chi connectivity index (χ0v) is 12.0. The summed E-state index contributed by atoms with van der Waals surface area (Å²) in [7, 11) is 0. The molecule has 0 fully saturated rings. The summed E-state index contributed by atoms with van der Waals surface area (Å²) < 4.78 is 16.0. The van der Waals surface area contributed by atoms with Crippen LogP contribution < -0.4 is 10.2 Å². The molecule has 0 amide bonds. The van der Waals surface area contributed by atoms with Gasteiger partial charge in [-0.3, -0.25) is 4.79 Å². The lowest BCUT2D eigenvalue weighted by molar-refractivity contribution is 0.0490. The third kappa shape index (κ3) is 2.39. The Hall–Kier alpha value is -2.30. The van der Waals surface area contributed by atoms with Crippen molar-refractivity contribution in [3.8, 4) is 5.75 Å². The SMILES string of the molecule is CCOC(=O)c1cc(=O)c2cc3c(cc2o1)OCCC3C. The molecule has 1 unspecified atom stereocenters. The van der Waals surface area contributed by atoms with E-state index in [9.17, 15) is 9.59 Å². The highest BCUT2D eigenvalue weighted by atomic mass is 16.5. The summed E-state index contributed by atoms with van der Waals surface area (Å²) in [4.78, 5) is 23.9. The van der Waals surface area contributed by atoms with E-state index in [2.05, 4.69) is 6.92 Å². The maximum atomic E-state index is 12.2. The number of ether oxygens (including phenoxy) is 2. The summed E-state index contributed by atoms with van der Waals surface area (Å²) in [5.41, 5.74) is 1.10. The molecule has 3 rings (SSSR count). The maximum Gasteiger partial charge on any atom is 0.374 e.